The van der Waals surface area contributed by atoms with E-state index in [-0.39, 0.29) is 5.69 Å². The van der Waals surface area contributed by atoms with Crippen LogP contribution in [0.15, 0.2) is 11.1 Å². The Morgan fingerprint density at radius 2 is 2.45 bits per heavy atom. The fourth-order valence-corrected chi connectivity index (χ4v) is 1.11. The molecule has 1 aromatic heterocycles. The van der Waals surface area contributed by atoms with Crippen LogP contribution in [0.3, 0.4) is 0 Å². The van der Waals surface area contributed by atoms with Crippen LogP contribution in [0.5, 0.6) is 0 Å². The summed E-state index contributed by atoms with van der Waals surface area (Å²) < 4.78 is 2.94. The zero-order valence-electron chi connectivity index (χ0n) is 6.65. The van der Waals surface area contributed by atoms with Gasteiger partial charge in [-0.15, -0.1) is 0 Å². The Morgan fingerprint density at radius 1 is 1.73 bits per heavy atom. The van der Waals surface area contributed by atoms with Gasteiger partial charge in [-0.05, 0) is 6.26 Å². The number of nitrogens with zero attached hydrogens (tertiary/aromatic N) is 3. The van der Waals surface area contributed by atoms with Gasteiger partial charge in [0.2, 0.25) is 0 Å². The van der Waals surface area contributed by atoms with Crippen LogP contribution in [0, 0.1) is 0 Å². The minimum atomic E-state index is -0.0425. The van der Waals surface area contributed by atoms with Crippen molar-refractivity contribution >= 4 is 11.8 Å². The molecular weight excluding hydrogens is 162 g/mol. The molecular formula is C6H11N3OS. The maximum Gasteiger partial charge on any atom is 0.345 e. The Kier molecular flexibility index (Phi) is 2.76. The largest absolute Gasteiger partial charge is 0.345 e. The Balaban J connectivity index is 2.71. The molecule has 0 saturated heterocycles. The van der Waals surface area contributed by atoms with E-state index in [2.05, 4.69) is 5.10 Å². The van der Waals surface area contributed by atoms with Crippen molar-refractivity contribution in [2.24, 2.45) is 7.05 Å². The van der Waals surface area contributed by atoms with Crippen LogP contribution in [-0.2, 0) is 13.6 Å². The third kappa shape index (κ3) is 1.86. The molecule has 0 atom stereocenters. The lowest BCUT2D eigenvalue weighted by atomic mass is 10.8. The van der Waals surface area contributed by atoms with Gasteiger partial charge < -0.3 is 0 Å². The van der Waals surface area contributed by atoms with E-state index >= 15 is 0 Å². The Hall–Kier alpha value is -0.710. The molecule has 62 valence electrons. The van der Waals surface area contributed by atoms with Gasteiger partial charge in [0.1, 0.15) is 6.33 Å². The summed E-state index contributed by atoms with van der Waals surface area (Å²) in [5.74, 6) is 0.928. The maximum atomic E-state index is 11.1. The standard InChI is InChI=1S/C6H11N3OS/c1-8-5-7-9(6(8)10)3-4-11-2/h5H,3-4H2,1-2H3. The first kappa shape index (κ1) is 8.39. The first-order valence-corrected chi connectivity index (χ1v) is 4.72. The average molecular weight is 173 g/mol. The Labute approximate surface area is 69.2 Å². The summed E-state index contributed by atoms with van der Waals surface area (Å²) in [6.45, 7) is 0.695. The summed E-state index contributed by atoms with van der Waals surface area (Å²) in [5.41, 5.74) is -0.0425. The summed E-state index contributed by atoms with van der Waals surface area (Å²) in [7, 11) is 1.70. The van der Waals surface area contributed by atoms with Crippen LogP contribution in [0.4, 0.5) is 0 Å². The van der Waals surface area contributed by atoms with E-state index in [1.165, 1.54) is 15.6 Å². The highest BCUT2D eigenvalue weighted by molar-refractivity contribution is 7.98. The number of hydrogen-bond donors (Lipinski definition) is 0. The van der Waals surface area contributed by atoms with E-state index < -0.39 is 0 Å². The monoisotopic (exact) mass is 173 g/mol. The van der Waals surface area contributed by atoms with E-state index in [1.54, 1.807) is 18.8 Å². The van der Waals surface area contributed by atoms with Crippen LogP contribution in [0.25, 0.3) is 0 Å². The van der Waals surface area contributed by atoms with E-state index in [1.807, 2.05) is 6.26 Å². The molecule has 0 spiro atoms. The third-order valence-electron chi connectivity index (χ3n) is 1.39. The van der Waals surface area contributed by atoms with Crippen molar-refractivity contribution in [3.8, 4) is 0 Å². The molecule has 5 heteroatoms. The molecule has 1 heterocycles. The molecule has 0 N–H and O–H groups in total. The molecule has 4 nitrogen and oxygen atoms in total. The summed E-state index contributed by atoms with van der Waals surface area (Å²) in [6, 6.07) is 0. The van der Waals surface area contributed by atoms with E-state index in [0.717, 1.165) is 5.75 Å². The van der Waals surface area contributed by atoms with Crippen LogP contribution in [0.2, 0.25) is 0 Å². The van der Waals surface area contributed by atoms with E-state index in [0.29, 0.717) is 6.54 Å². The fraction of sp³-hybridized carbons (Fsp3) is 0.667. The molecule has 0 radical (unpaired) electrons. The number of aryl methyl sites for hydroxylation is 2. The second-order valence-electron chi connectivity index (χ2n) is 2.24. The normalized spacial score (nSPS) is 10.4. The van der Waals surface area contributed by atoms with Gasteiger partial charge in [0, 0.05) is 12.8 Å². The molecule has 0 aliphatic rings. The Morgan fingerprint density at radius 3 is 2.91 bits per heavy atom. The predicted octanol–water partition coefficient (Wildman–Crippen LogP) is -0.0552. The molecule has 0 amide bonds. The van der Waals surface area contributed by atoms with Crippen LogP contribution < -0.4 is 5.69 Å². The van der Waals surface area contributed by atoms with Gasteiger partial charge in [-0.25, -0.2) is 9.48 Å². The second-order valence-corrected chi connectivity index (χ2v) is 3.23. The lowest BCUT2D eigenvalue weighted by molar-refractivity contribution is 0.629. The van der Waals surface area contributed by atoms with E-state index in [4.69, 9.17) is 0 Å². The van der Waals surface area contributed by atoms with Gasteiger partial charge in [0.25, 0.3) is 0 Å². The molecule has 0 fully saturated rings. The highest BCUT2D eigenvalue weighted by Gasteiger charge is 1.98. The zero-order chi connectivity index (χ0) is 8.27. The lowest BCUT2D eigenvalue weighted by Crippen LogP contribution is -2.23. The fourth-order valence-electron chi connectivity index (χ4n) is 0.752. The molecule has 0 aliphatic carbocycles. The summed E-state index contributed by atoms with van der Waals surface area (Å²) in [4.78, 5) is 11.1. The van der Waals surface area contributed by atoms with Crippen LogP contribution >= 0.6 is 11.8 Å². The molecule has 0 bridgehead atoms. The van der Waals surface area contributed by atoms with Gasteiger partial charge in [0.15, 0.2) is 0 Å². The SMILES string of the molecule is CSCCn1ncn(C)c1=O. The van der Waals surface area contributed by atoms with Gasteiger partial charge in [-0.3, -0.25) is 4.57 Å². The molecule has 0 unspecified atom stereocenters. The summed E-state index contributed by atoms with van der Waals surface area (Å²) >= 11 is 1.71. The lowest BCUT2D eigenvalue weighted by Gasteiger charge is -1.94. The Bertz CT molecular complexity index is 278. The zero-order valence-corrected chi connectivity index (χ0v) is 7.47. The predicted molar refractivity (Wildman–Crippen MR) is 45.9 cm³/mol. The molecule has 0 aliphatic heterocycles. The van der Waals surface area contributed by atoms with Crippen molar-refractivity contribution in [1.82, 2.24) is 14.3 Å². The second kappa shape index (κ2) is 3.61. The summed E-state index contributed by atoms with van der Waals surface area (Å²) in [6.07, 6.45) is 3.54. The topological polar surface area (TPSA) is 39.8 Å². The molecule has 0 aromatic carbocycles. The highest BCUT2D eigenvalue weighted by Crippen LogP contribution is 1.90. The molecule has 0 saturated carbocycles. The summed E-state index contributed by atoms with van der Waals surface area (Å²) in [5, 5.41) is 3.91. The molecule has 11 heavy (non-hydrogen) atoms. The van der Waals surface area contributed by atoms with Crippen molar-refractivity contribution in [1.29, 1.82) is 0 Å². The minimum Gasteiger partial charge on any atom is -0.285 e. The van der Waals surface area contributed by atoms with Crippen LogP contribution in [-0.4, -0.2) is 26.4 Å². The minimum absolute atomic E-state index is 0.0425. The third-order valence-corrected chi connectivity index (χ3v) is 1.98. The molecule has 1 rings (SSSR count). The van der Waals surface area contributed by atoms with Gasteiger partial charge in [-0.2, -0.15) is 16.9 Å². The number of hydrogen-bond acceptors (Lipinski definition) is 3. The maximum absolute atomic E-state index is 11.1. The molecule has 1 aromatic rings. The van der Waals surface area contributed by atoms with Crippen molar-refractivity contribution in [3.05, 3.63) is 16.8 Å². The quantitative estimate of drug-likeness (QED) is 0.643. The van der Waals surface area contributed by atoms with Crippen molar-refractivity contribution in [2.75, 3.05) is 12.0 Å². The average Bonchev–Trinajstić information content (AvgIpc) is 2.31. The van der Waals surface area contributed by atoms with Crippen molar-refractivity contribution in [2.45, 2.75) is 6.54 Å². The van der Waals surface area contributed by atoms with Gasteiger partial charge in [-0.1, -0.05) is 0 Å². The van der Waals surface area contributed by atoms with Crippen molar-refractivity contribution in [3.63, 3.8) is 0 Å². The van der Waals surface area contributed by atoms with Gasteiger partial charge in [0.05, 0.1) is 6.54 Å². The number of rotatable bonds is 3. The first-order valence-electron chi connectivity index (χ1n) is 3.33. The van der Waals surface area contributed by atoms with Crippen molar-refractivity contribution < 1.29 is 0 Å². The highest BCUT2D eigenvalue weighted by atomic mass is 32.2. The van der Waals surface area contributed by atoms with E-state index in [9.17, 15) is 4.79 Å². The van der Waals surface area contributed by atoms with Gasteiger partial charge >= 0.3 is 5.69 Å². The number of aromatic nitrogens is 3. The number of thioether (sulfide) groups is 1. The smallest absolute Gasteiger partial charge is 0.285 e. The van der Waals surface area contributed by atoms with Crippen LogP contribution in [0.1, 0.15) is 0 Å². The first-order chi connectivity index (χ1) is 5.25.